The fraction of sp³-hybridized carbons (Fsp3) is 0.261. The maximum absolute atomic E-state index is 5.97. The van der Waals surface area contributed by atoms with Gasteiger partial charge in [0.25, 0.3) is 0 Å². The number of methoxy groups -OCH3 is 1. The topological polar surface area (TPSA) is 90.9 Å². The van der Waals surface area contributed by atoms with Crippen LogP contribution in [-0.4, -0.2) is 33.2 Å². The van der Waals surface area contributed by atoms with Gasteiger partial charge in [0, 0.05) is 12.6 Å². The van der Waals surface area contributed by atoms with Crippen molar-refractivity contribution in [2.24, 2.45) is 0 Å². The summed E-state index contributed by atoms with van der Waals surface area (Å²) in [5, 5.41) is 3.37. The predicted molar refractivity (Wildman–Crippen MR) is 120 cm³/mol. The second kappa shape index (κ2) is 8.82. The zero-order valence-electron chi connectivity index (χ0n) is 17.3. The molecule has 0 atom stereocenters. The summed E-state index contributed by atoms with van der Waals surface area (Å²) >= 11 is 0. The minimum Gasteiger partial charge on any atom is -0.496 e. The van der Waals surface area contributed by atoms with Crippen molar-refractivity contribution in [1.82, 2.24) is 19.5 Å². The summed E-state index contributed by atoms with van der Waals surface area (Å²) in [6, 6.07) is 18.1. The minimum atomic E-state index is 0.266. The van der Waals surface area contributed by atoms with E-state index >= 15 is 0 Å². The van der Waals surface area contributed by atoms with Crippen LogP contribution in [0.15, 0.2) is 54.6 Å². The van der Waals surface area contributed by atoms with Gasteiger partial charge in [-0.05, 0) is 43.5 Å². The second-order valence-electron chi connectivity index (χ2n) is 7.18. The largest absolute Gasteiger partial charge is 0.496 e. The van der Waals surface area contributed by atoms with Gasteiger partial charge in [-0.3, -0.25) is 0 Å². The number of nitrogen functional groups attached to an aromatic ring is 1. The molecule has 0 amide bonds. The molecular weight excluding hydrogens is 376 g/mol. The molecule has 0 bridgehead atoms. The summed E-state index contributed by atoms with van der Waals surface area (Å²) in [7, 11) is 1.70. The van der Waals surface area contributed by atoms with Crippen LogP contribution in [0.2, 0.25) is 0 Å². The van der Waals surface area contributed by atoms with Crippen molar-refractivity contribution in [3.05, 3.63) is 71.7 Å². The van der Waals surface area contributed by atoms with Crippen LogP contribution in [0.25, 0.3) is 11.0 Å². The van der Waals surface area contributed by atoms with E-state index in [1.165, 1.54) is 5.56 Å². The summed E-state index contributed by atoms with van der Waals surface area (Å²) in [6.45, 7) is 3.37. The molecule has 4 rings (SSSR count). The summed E-state index contributed by atoms with van der Waals surface area (Å²) < 4.78 is 7.56. The normalized spacial score (nSPS) is 11.0. The zero-order valence-corrected chi connectivity index (χ0v) is 17.3. The fourth-order valence-electron chi connectivity index (χ4n) is 3.65. The molecule has 3 N–H and O–H groups in total. The first-order valence-corrected chi connectivity index (χ1v) is 10.0. The van der Waals surface area contributed by atoms with Crippen LogP contribution >= 0.6 is 0 Å². The standard InChI is InChI=1S/C23H26N6O/c1-16-26-19-10-4-5-11-20(19)29(16)15-18-14-22(28-23(24)27-18)25-13-7-9-17-8-3-6-12-21(17)30-2/h3-6,8,10-12,14H,7,9,13,15H2,1-2H3,(H3,24,25,27,28). The number of hydrogen-bond donors (Lipinski definition) is 2. The van der Waals surface area contributed by atoms with Crippen molar-refractivity contribution in [2.75, 3.05) is 24.7 Å². The maximum Gasteiger partial charge on any atom is 0.222 e. The third-order valence-electron chi connectivity index (χ3n) is 5.08. The van der Waals surface area contributed by atoms with E-state index in [9.17, 15) is 0 Å². The zero-order chi connectivity index (χ0) is 20.9. The molecule has 0 aliphatic rings. The van der Waals surface area contributed by atoms with Crippen LogP contribution in [0.5, 0.6) is 5.75 Å². The quantitative estimate of drug-likeness (QED) is 0.436. The maximum atomic E-state index is 5.97. The first kappa shape index (κ1) is 19.7. The number of fused-ring (bicyclic) bond motifs is 1. The lowest BCUT2D eigenvalue weighted by Crippen LogP contribution is -2.10. The van der Waals surface area contributed by atoms with Crippen LogP contribution in [0.1, 0.15) is 23.5 Å². The Kier molecular flexibility index (Phi) is 5.79. The highest BCUT2D eigenvalue weighted by atomic mass is 16.5. The van der Waals surface area contributed by atoms with Crippen LogP contribution in [0.4, 0.5) is 11.8 Å². The molecule has 0 fully saturated rings. The van der Waals surface area contributed by atoms with Gasteiger partial charge in [0.2, 0.25) is 5.95 Å². The molecule has 7 nitrogen and oxygen atoms in total. The highest BCUT2D eigenvalue weighted by Crippen LogP contribution is 2.20. The second-order valence-corrected chi connectivity index (χ2v) is 7.18. The number of benzene rings is 2. The summed E-state index contributed by atoms with van der Waals surface area (Å²) in [4.78, 5) is 13.4. The molecule has 0 radical (unpaired) electrons. The van der Waals surface area contributed by atoms with Gasteiger partial charge in [0.1, 0.15) is 17.4 Å². The van der Waals surface area contributed by atoms with Crippen molar-refractivity contribution >= 4 is 22.8 Å². The number of para-hydroxylation sites is 3. The van der Waals surface area contributed by atoms with E-state index in [2.05, 4.69) is 37.0 Å². The van der Waals surface area contributed by atoms with Crippen molar-refractivity contribution in [3.63, 3.8) is 0 Å². The number of aryl methyl sites for hydroxylation is 2. The van der Waals surface area contributed by atoms with Crippen molar-refractivity contribution in [1.29, 1.82) is 0 Å². The average Bonchev–Trinajstić information content (AvgIpc) is 3.06. The Morgan fingerprint density at radius 2 is 1.83 bits per heavy atom. The van der Waals surface area contributed by atoms with E-state index in [1.54, 1.807) is 7.11 Å². The fourth-order valence-corrected chi connectivity index (χ4v) is 3.65. The Morgan fingerprint density at radius 1 is 1.03 bits per heavy atom. The van der Waals surface area contributed by atoms with Crippen LogP contribution in [0, 0.1) is 6.92 Å². The molecule has 4 aromatic rings. The summed E-state index contributed by atoms with van der Waals surface area (Å²) in [6.07, 6.45) is 1.87. The first-order chi connectivity index (χ1) is 14.6. The third kappa shape index (κ3) is 4.35. The highest BCUT2D eigenvalue weighted by molar-refractivity contribution is 5.75. The van der Waals surface area contributed by atoms with Crippen molar-refractivity contribution in [3.8, 4) is 5.75 Å². The molecule has 7 heteroatoms. The number of ether oxygens (including phenoxy) is 1. The summed E-state index contributed by atoms with van der Waals surface area (Å²) in [5.74, 6) is 2.87. The van der Waals surface area contributed by atoms with Gasteiger partial charge >= 0.3 is 0 Å². The Bertz CT molecular complexity index is 1150. The number of nitrogens with one attached hydrogen (secondary N) is 1. The van der Waals surface area contributed by atoms with E-state index in [0.29, 0.717) is 6.54 Å². The lowest BCUT2D eigenvalue weighted by Gasteiger charge is -2.11. The Balaban J connectivity index is 1.42. The Labute approximate surface area is 175 Å². The van der Waals surface area contributed by atoms with Crippen molar-refractivity contribution < 1.29 is 4.74 Å². The minimum absolute atomic E-state index is 0.266. The smallest absolute Gasteiger partial charge is 0.222 e. The number of anilines is 2. The molecule has 0 aliphatic heterocycles. The van der Waals surface area contributed by atoms with Crippen molar-refractivity contribution in [2.45, 2.75) is 26.3 Å². The van der Waals surface area contributed by atoms with E-state index in [1.807, 2.05) is 49.4 Å². The van der Waals surface area contributed by atoms with Gasteiger partial charge in [-0.2, -0.15) is 4.98 Å². The predicted octanol–water partition coefficient (Wildman–Crippen LogP) is 3.82. The summed E-state index contributed by atoms with van der Waals surface area (Å²) in [5.41, 5.74) is 10.1. The molecule has 0 aliphatic carbocycles. The van der Waals surface area contributed by atoms with Gasteiger partial charge in [-0.15, -0.1) is 0 Å². The molecule has 0 saturated heterocycles. The number of nitrogens with two attached hydrogens (primary N) is 1. The lowest BCUT2D eigenvalue weighted by atomic mass is 10.1. The van der Waals surface area contributed by atoms with Crippen LogP contribution in [0.3, 0.4) is 0 Å². The number of nitrogens with zero attached hydrogens (tertiary/aromatic N) is 4. The first-order valence-electron chi connectivity index (χ1n) is 10.0. The molecule has 0 spiro atoms. The van der Waals surface area contributed by atoms with Gasteiger partial charge < -0.3 is 20.4 Å². The average molecular weight is 403 g/mol. The Morgan fingerprint density at radius 3 is 2.70 bits per heavy atom. The molecule has 0 saturated carbocycles. The number of aromatic nitrogens is 4. The van der Waals surface area contributed by atoms with E-state index in [-0.39, 0.29) is 5.95 Å². The Hall–Kier alpha value is -3.61. The van der Waals surface area contributed by atoms with Crippen LogP contribution < -0.4 is 15.8 Å². The number of hydrogen-bond acceptors (Lipinski definition) is 6. The van der Waals surface area contributed by atoms with E-state index in [0.717, 1.165) is 53.5 Å². The molecule has 2 aromatic heterocycles. The monoisotopic (exact) mass is 402 g/mol. The number of imidazole rings is 1. The highest BCUT2D eigenvalue weighted by Gasteiger charge is 2.10. The van der Waals surface area contributed by atoms with Gasteiger partial charge in [0.15, 0.2) is 0 Å². The van der Waals surface area contributed by atoms with Gasteiger partial charge in [-0.25, -0.2) is 9.97 Å². The lowest BCUT2D eigenvalue weighted by molar-refractivity contribution is 0.409. The molecule has 30 heavy (non-hydrogen) atoms. The molecule has 2 aromatic carbocycles. The van der Waals surface area contributed by atoms with Gasteiger partial charge in [0.05, 0.1) is 30.4 Å². The van der Waals surface area contributed by atoms with Crippen LogP contribution in [-0.2, 0) is 13.0 Å². The SMILES string of the molecule is COc1ccccc1CCCNc1cc(Cn2c(C)nc3ccccc32)nc(N)n1. The van der Waals surface area contributed by atoms with Gasteiger partial charge in [-0.1, -0.05) is 30.3 Å². The molecule has 2 heterocycles. The molecule has 154 valence electrons. The molecular formula is C23H26N6O. The third-order valence-corrected chi connectivity index (χ3v) is 5.08. The van der Waals surface area contributed by atoms with E-state index in [4.69, 9.17) is 10.5 Å². The van der Waals surface area contributed by atoms with E-state index < -0.39 is 0 Å². The molecule has 0 unspecified atom stereocenters. The number of rotatable bonds is 8.